The van der Waals surface area contributed by atoms with Crippen LogP contribution in [0.15, 0.2) is 28.6 Å². The Morgan fingerprint density at radius 1 is 1.26 bits per heavy atom. The second-order valence-corrected chi connectivity index (χ2v) is 8.55. The average molecular weight is 410 g/mol. The van der Waals surface area contributed by atoms with E-state index in [0.717, 1.165) is 23.1 Å². The standard InChI is InChI=1S/C15H18N6O4S2/c1-15(2,3)18-12(23)17-13-19-20-14(27-13)26-8-11(22)16-9-5-4-6-10(7-9)21(24)25/h4-7H,8H2,1-3H3,(H,16,22)(H2,17,18,19,23). The normalized spacial score (nSPS) is 10.9. The van der Waals surface area contributed by atoms with E-state index in [2.05, 4.69) is 26.1 Å². The van der Waals surface area contributed by atoms with Gasteiger partial charge in [-0.3, -0.25) is 20.2 Å². The third-order valence-electron chi connectivity index (χ3n) is 2.78. The summed E-state index contributed by atoms with van der Waals surface area (Å²) < 4.78 is 0.509. The highest BCUT2D eigenvalue weighted by molar-refractivity contribution is 8.01. The molecule has 0 radical (unpaired) electrons. The van der Waals surface area contributed by atoms with Crippen molar-refractivity contribution in [3.63, 3.8) is 0 Å². The summed E-state index contributed by atoms with van der Waals surface area (Å²) in [6.07, 6.45) is 0. The fourth-order valence-corrected chi connectivity index (χ4v) is 3.36. The molecule has 12 heteroatoms. The molecule has 0 unspecified atom stereocenters. The first kappa shape index (κ1) is 20.6. The first-order valence-electron chi connectivity index (χ1n) is 7.72. The minimum absolute atomic E-state index is 0.0471. The van der Waals surface area contributed by atoms with E-state index in [4.69, 9.17) is 0 Å². The Morgan fingerprint density at radius 2 is 2.00 bits per heavy atom. The molecule has 1 aromatic heterocycles. The van der Waals surface area contributed by atoms with Crippen LogP contribution >= 0.6 is 23.1 Å². The second-order valence-electron chi connectivity index (χ2n) is 6.35. The van der Waals surface area contributed by atoms with Crippen molar-refractivity contribution in [2.75, 3.05) is 16.4 Å². The molecule has 0 aliphatic carbocycles. The molecule has 1 heterocycles. The molecule has 144 valence electrons. The molecule has 0 bridgehead atoms. The number of urea groups is 1. The zero-order valence-electron chi connectivity index (χ0n) is 14.8. The number of benzene rings is 1. The van der Waals surface area contributed by atoms with Gasteiger partial charge >= 0.3 is 6.03 Å². The van der Waals surface area contributed by atoms with Gasteiger partial charge in [0.25, 0.3) is 5.69 Å². The molecular formula is C15H18N6O4S2. The number of nitrogens with one attached hydrogen (secondary N) is 3. The molecule has 0 saturated heterocycles. The molecule has 3 amide bonds. The summed E-state index contributed by atoms with van der Waals surface area (Å²) in [7, 11) is 0. The Bertz CT molecular complexity index is 849. The lowest BCUT2D eigenvalue weighted by atomic mass is 10.1. The number of carbonyl (C=O) groups is 2. The van der Waals surface area contributed by atoms with E-state index in [0.29, 0.717) is 15.2 Å². The Balaban J connectivity index is 1.84. The molecule has 2 rings (SSSR count). The molecule has 0 aliphatic heterocycles. The third kappa shape index (κ3) is 7.19. The molecule has 1 aromatic carbocycles. The van der Waals surface area contributed by atoms with Crippen LogP contribution in [-0.2, 0) is 4.79 Å². The van der Waals surface area contributed by atoms with E-state index in [-0.39, 0.29) is 22.9 Å². The van der Waals surface area contributed by atoms with Crippen molar-refractivity contribution in [1.29, 1.82) is 0 Å². The van der Waals surface area contributed by atoms with Gasteiger partial charge in [0, 0.05) is 23.4 Å². The van der Waals surface area contributed by atoms with Crippen molar-refractivity contribution in [3.8, 4) is 0 Å². The molecule has 0 aliphatic rings. The lowest BCUT2D eigenvalue weighted by Gasteiger charge is -2.19. The van der Waals surface area contributed by atoms with Gasteiger partial charge in [-0.05, 0) is 26.8 Å². The molecule has 10 nitrogen and oxygen atoms in total. The highest BCUT2D eigenvalue weighted by atomic mass is 32.2. The number of hydrogen-bond donors (Lipinski definition) is 3. The minimum Gasteiger partial charge on any atom is -0.333 e. The van der Waals surface area contributed by atoms with Gasteiger partial charge in [0.2, 0.25) is 11.0 Å². The van der Waals surface area contributed by atoms with Gasteiger partial charge in [-0.2, -0.15) is 0 Å². The highest BCUT2D eigenvalue weighted by Crippen LogP contribution is 2.26. The summed E-state index contributed by atoms with van der Waals surface area (Å²) in [4.78, 5) is 34.0. The first-order chi connectivity index (χ1) is 12.6. The van der Waals surface area contributed by atoms with Crippen LogP contribution in [0.3, 0.4) is 0 Å². The molecule has 2 aromatic rings. The SMILES string of the molecule is CC(C)(C)NC(=O)Nc1nnc(SCC(=O)Nc2cccc([N+](=O)[O-])c2)s1. The van der Waals surface area contributed by atoms with Crippen molar-refractivity contribution in [2.24, 2.45) is 0 Å². The Kier molecular flexibility index (Phi) is 6.69. The minimum atomic E-state index is -0.532. The lowest BCUT2D eigenvalue weighted by molar-refractivity contribution is -0.384. The number of carbonyl (C=O) groups excluding carboxylic acids is 2. The fourth-order valence-electron chi connectivity index (χ4n) is 1.81. The molecule has 0 saturated carbocycles. The average Bonchev–Trinajstić information content (AvgIpc) is 2.98. The van der Waals surface area contributed by atoms with Crippen LogP contribution in [0.5, 0.6) is 0 Å². The Hall–Kier alpha value is -2.73. The monoisotopic (exact) mass is 410 g/mol. The topological polar surface area (TPSA) is 139 Å². The van der Waals surface area contributed by atoms with Crippen molar-refractivity contribution >= 4 is 51.5 Å². The van der Waals surface area contributed by atoms with Crippen LogP contribution < -0.4 is 16.0 Å². The Labute approximate surface area is 163 Å². The van der Waals surface area contributed by atoms with Gasteiger partial charge in [-0.1, -0.05) is 29.2 Å². The first-order valence-corrected chi connectivity index (χ1v) is 9.52. The van der Waals surface area contributed by atoms with Crippen LogP contribution in [0, 0.1) is 10.1 Å². The summed E-state index contributed by atoms with van der Waals surface area (Å²) in [6, 6.07) is 5.29. The van der Waals surface area contributed by atoms with E-state index >= 15 is 0 Å². The lowest BCUT2D eigenvalue weighted by Crippen LogP contribution is -2.43. The number of thioether (sulfide) groups is 1. The number of aromatic nitrogens is 2. The largest absolute Gasteiger partial charge is 0.333 e. The Morgan fingerprint density at radius 3 is 2.67 bits per heavy atom. The van der Waals surface area contributed by atoms with Crippen molar-refractivity contribution in [2.45, 2.75) is 30.6 Å². The van der Waals surface area contributed by atoms with E-state index in [1.165, 1.54) is 18.2 Å². The zero-order chi connectivity index (χ0) is 20.0. The number of hydrogen-bond acceptors (Lipinski definition) is 8. The van der Waals surface area contributed by atoms with Crippen LogP contribution in [0.4, 0.5) is 21.3 Å². The van der Waals surface area contributed by atoms with E-state index in [1.807, 2.05) is 20.8 Å². The molecular weight excluding hydrogens is 392 g/mol. The van der Waals surface area contributed by atoms with Crippen LogP contribution in [-0.4, -0.2) is 38.4 Å². The van der Waals surface area contributed by atoms with Crippen LogP contribution in [0.1, 0.15) is 20.8 Å². The van der Waals surface area contributed by atoms with Crippen molar-refractivity contribution in [1.82, 2.24) is 15.5 Å². The number of anilines is 2. The predicted octanol–water partition coefficient (Wildman–Crippen LogP) is 3.10. The maximum atomic E-state index is 12.0. The van der Waals surface area contributed by atoms with Gasteiger partial charge in [-0.15, -0.1) is 10.2 Å². The van der Waals surface area contributed by atoms with E-state index in [9.17, 15) is 19.7 Å². The number of non-ortho nitro benzene ring substituents is 1. The smallest absolute Gasteiger partial charge is 0.321 e. The summed E-state index contributed by atoms with van der Waals surface area (Å²) in [5, 5.41) is 26.7. The van der Waals surface area contributed by atoms with Crippen LogP contribution in [0.25, 0.3) is 0 Å². The number of rotatable bonds is 6. The third-order valence-corrected chi connectivity index (χ3v) is 4.75. The van der Waals surface area contributed by atoms with Crippen LogP contribution in [0.2, 0.25) is 0 Å². The number of nitro groups is 1. The van der Waals surface area contributed by atoms with Gasteiger partial charge in [0.05, 0.1) is 10.7 Å². The summed E-state index contributed by atoms with van der Waals surface area (Å²) in [6.45, 7) is 5.57. The maximum Gasteiger partial charge on any atom is 0.321 e. The van der Waals surface area contributed by atoms with Gasteiger partial charge < -0.3 is 10.6 Å². The highest BCUT2D eigenvalue weighted by Gasteiger charge is 2.16. The number of amides is 3. The predicted molar refractivity (Wildman–Crippen MR) is 104 cm³/mol. The van der Waals surface area contributed by atoms with E-state index in [1.54, 1.807) is 6.07 Å². The summed E-state index contributed by atoms with van der Waals surface area (Å²) >= 11 is 2.29. The molecule has 3 N–H and O–H groups in total. The molecule has 0 fully saturated rings. The van der Waals surface area contributed by atoms with Gasteiger partial charge in [0.1, 0.15) is 0 Å². The maximum absolute atomic E-state index is 12.0. The summed E-state index contributed by atoms with van der Waals surface area (Å²) in [5.74, 6) is -0.290. The number of nitro benzene ring substituents is 1. The zero-order valence-corrected chi connectivity index (χ0v) is 16.4. The van der Waals surface area contributed by atoms with Crippen molar-refractivity contribution in [3.05, 3.63) is 34.4 Å². The quantitative estimate of drug-likeness (QED) is 0.288. The summed E-state index contributed by atoms with van der Waals surface area (Å²) in [5.41, 5.74) is -0.140. The van der Waals surface area contributed by atoms with Gasteiger partial charge in [-0.25, -0.2) is 4.79 Å². The second kappa shape index (κ2) is 8.77. The van der Waals surface area contributed by atoms with Crippen molar-refractivity contribution < 1.29 is 14.5 Å². The number of nitrogens with zero attached hydrogens (tertiary/aromatic N) is 3. The molecule has 27 heavy (non-hydrogen) atoms. The molecule has 0 spiro atoms. The fraction of sp³-hybridized carbons (Fsp3) is 0.333. The van der Waals surface area contributed by atoms with E-state index < -0.39 is 11.0 Å². The van der Waals surface area contributed by atoms with Gasteiger partial charge in [0.15, 0.2) is 4.34 Å². The molecule has 0 atom stereocenters.